The molecule has 1 atom stereocenters. The number of likely N-dealkylation sites (N-methyl/N-ethyl adjacent to an activating group) is 1. The summed E-state index contributed by atoms with van der Waals surface area (Å²) in [7, 11) is 3.94. The third kappa shape index (κ3) is 2.24. The summed E-state index contributed by atoms with van der Waals surface area (Å²) in [6.07, 6.45) is 4.71. The van der Waals surface area contributed by atoms with Crippen LogP contribution >= 0.6 is 11.3 Å². The van der Waals surface area contributed by atoms with Crippen LogP contribution in [-0.2, 0) is 13.5 Å². The summed E-state index contributed by atoms with van der Waals surface area (Å²) in [6, 6.07) is 2.35. The lowest BCUT2D eigenvalue weighted by molar-refractivity contribution is 0.540. The quantitative estimate of drug-likeness (QED) is 0.850. The fourth-order valence-corrected chi connectivity index (χ4v) is 2.27. The monoisotopic (exact) mass is 222 g/mol. The predicted molar refractivity (Wildman–Crippen MR) is 60.8 cm³/mol. The van der Waals surface area contributed by atoms with Crippen LogP contribution in [0, 0.1) is 0 Å². The Morgan fingerprint density at radius 2 is 2.47 bits per heavy atom. The van der Waals surface area contributed by atoms with Crippen molar-refractivity contribution >= 4 is 11.3 Å². The van der Waals surface area contributed by atoms with E-state index >= 15 is 0 Å². The van der Waals surface area contributed by atoms with Gasteiger partial charge in [-0.2, -0.15) is 5.10 Å². The minimum atomic E-state index is 0.304. The highest BCUT2D eigenvalue weighted by atomic mass is 32.1. The van der Waals surface area contributed by atoms with Gasteiger partial charge in [0.15, 0.2) is 0 Å². The first kappa shape index (κ1) is 10.3. The molecule has 2 heterocycles. The van der Waals surface area contributed by atoms with E-state index in [1.165, 1.54) is 10.6 Å². The Morgan fingerprint density at radius 1 is 1.60 bits per heavy atom. The molecule has 1 unspecified atom stereocenters. The van der Waals surface area contributed by atoms with Crippen molar-refractivity contribution in [2.75, 3.05) is 7.05 Å². The topological polar surface area (TPSA) is 42.7 Å². The summed E-state index contributed by atoms with van der Waals surface area (Å²) in [6.45, 7) is 0. The lowest BCUT2D eigenvalue weighted by Crippen LogP contribution is -2.21. The highest BCUT2D eigenvalue weighted by Gasteiger charge is 2.13. The molecule has 0 radical (unpaired) electrons. The third-order valence-corrected chi connectivity index (χ3v) is 3.26. The van der Waals surface area contributed by atoms with Gasteiger partial charge in [0.1, 0.15) is 0 Å². The van der Waals surface area contributed by atoms with Crippen molar-refractivity contribution in [2.45, 2.75) is 12.5 Å². The van der Waals surface area contributed by atoms with Crippen molar-refractivity contribution in [3.8, 4) is 0 Å². The van der Waals surface area contributed by atoms with Crippen LogP contribution in [0.5, 0.6) is 0 Å². The van der Waals surface area contributed by atoms with Crippen molar-refractivity contribution < 1.29 is 0 Å². The highest BCUT2D eigenvalue weighted by molar-refractivity contribution is 7.09. The molecule has 0 saturated heterocycles. The van der Waals surface area contributed by atoms with Crippen molar-refractivity contribution in [3.63, 3.8) is 0 Å². The van der Waals surface area contributed by atoms with Crippen LogP contribution in [0.25, 0.3) is 0 Å². The van der Waals surface area contributed by atoms with E-state index < -0.39 is 0 Å². The van der Waals surface area contributed by atoms with Crippen LogP contribution in [-0.4, -0.2) is 21.8 Å². The molecule has 0 saturated carbocycles. The molecule has 2 aromatic rings. The van der Waals surface area contributed by atoms with Gasteiger partial charge in [0.25, 0.3) is 0 Å². The van der Waals surface area contributed by atoms with Gasteiger partial charge in [-0.05, 0) is 13.1 Å². The lowest BCUT2D eigenvalue weighted by atomic mass is 10.1. The Bertz CT molecular complexity index is 407. The van der Waals surface area contributed by atoms with Crippen molar-refractivity contribution in [3.05, 3.63) is 34.5 Å². The van der Waals surface area contributed by atoms with Crippen LogP contribution in [0.2, 0.25) is 0 Å². The molecule has 4 nitrogen and oxygen atoms in total. The van der Waals surface area contributed by atoms with Gasteiger partial charge in [0.2, 0.25) is 0 Å². The highest BCUT2D eigenvalue weighted by Crippen LogP contribution is 2.19. The Kier molecular flexibility index (Phi) is 3.13. The molecule has 0 aliphatic rings. The summed E-state index contributed by atoms with van der Waals surface area (Å²) in [4.78, 5) is 5.37. The van der Waals surface area contributed by atoms with E-state index in [1.807, 2.05) is 42.7 Å². The summed E-state index contributed by atoms with van der Waals surface area (Å²) in [5.74, 6) is 0. The van der Waals surface area contributed by atoms with E-state index in [9.17, 15) is 0 Å². The Balaban J connectivity index is 2.15. The number of aromatic nitrogens is 3. The van der Waals surface area contributed by atoms with Gasteiger partial charge in [0, 0.05) is 30.7 Å². The second-order valence-electron chi connectivity index (χ2n) is 3.39. The Labute approximate surface area is 93.0 Å². The predicted octanol–water partition coefficient (Wildman–Crippen LogP) is 1.38. The van der Waals surface area contributed by atoms with Gasteiger partial charge in [-0.15, -0.1) is 11.3 Å². The summed E-state index contributed by atoms with van der Waals surface area (Å²) >= 11 is 1.69. The van der Waals surface area contributed by atoms with Gasteiger partial charge in [0.05, 0.1) is 17.2 Å². The number of rotatable bonds is 4. The van der Waals surface area contributed by atoms with Gasteiger partial charge >= 0.3 is 0 Å². The smallest absolute Gasteiger partial charge is 0.0794 e. The van der Waals surface area contributed by atoms with Gasteiger partial charge in [-0.1, -0.05) is 0 Å². The average molecular weight is 222 g/mol. The fourth-order valence-electron chi connectivity index (χ4n) is 1.62. The molecule has 0 aliphatic carbocycles. The molecule has 0 bridgehead atoms. The summed E-state index contributed by atoms with van der Waals surface area (Å²) in [5.41, 5.74) is 3.07. The average Bonchev–Trinajstić information content (AvgIpc) is 2.85. The van der Waals surface area contributed by atoms with Crippen LogP contribution in [0.4, 0.5) is 0 Å². The molecule has 5 heteroatoms. The normalized spacial score (nSPS) is 12.9. The molecule has 0 amide bonds. The second-order valence-corrected chi connectivity index (χ2v) is 4.36. The SMILES string of the molecule is CNC(Cc1cncs1)c1ccnn1C. The van der Waals surface area contributed by atoms with E-state index in [1.54, 1.807) is 11.3 Å². The molecular formula is C10H14N4S. The zero-order valence-corrected chi connectivity index (χ0v) is 9.66. The van der Waals surface area contributed by atoms with Crippen molar-refractivity contribution in [2.24, 2.45) is 7.05 Å². The first-order valence-corrected chi connectivity index (χ1v) is 5.71. The van der Waals surface area contributed by atoms with E-state index in [-0.39, 0.29) is 0 Å². The van der Waals surface area contributed by atoms with Crippen LogP contribution in [0.3, 0.4) is 0 Å². The minimum absolute atomic E-state index is 0.304. The molecule has 15 heavy (non-hydrogen) atoms. The number of hydrogen-bond donors (Lipinski definition) is 1. The summed E-state index contributed by atoms with van der Waals surface area (Å²) in [5, 5.41) is 7.48. The maximum absolute atomic E-state index is 4.18. The summed E-state index contributed by atoms with van der Waals surface area (Å²) < 4.78 is 1.90. The van der Waals surface area contributed by atoms with E-state index in [4.69, 9.17) is 0 Å². The zero-order valence-electron chi connectivity index (χ0n) is 8.84. The molecule has 0 fully saturated rings. The molecular weight excluding hydrogens is 208 g/mol. The van der Waals surface area contributed by atoms with Crippen LogP contribution < -0.4 is 5.32 Å². The van der Waals surface area contributed by atoms with Gasteiger partial charge in [-0.25, -0.2) is 0 Å². The lowest BCUT2D eigenvalue weighted by Gasteiger charge is -2.15. The molecule has 80 valence electrons. The zero-order chi connectivity index (χ0) is 10.7. The first-order chi connectivity index (χ1) is 7.31. The number of nitrogens with zero attached hydrogens (tertiary/aromatic N) is 3. The third-order valence-electron chi connectivity index (χ3n) is 2.45. The molecule has 0 aromatic carbocycles. The van der Waals surface area contributed by atoms with Crippen molar-refractivity contribution in [1.29, 1.82) is 0 Å². The fraction of sp³-hybridized carbons (Fsp3) is 0.400. The molecule has 2 aromatic heterocycles. The molecule has 2 rings (SSSR count). The molecule has 0 spiro atoms. The Morgan fingerprint density at radius 3 is 3.00 bits per heavy atom. The van der Waals surface area contributed by atoms with E-state index in [2.05, 4.69) is 15.4 Å². The number of thiazole rings is 1. The molecule has 0 aliphatic heterocycles. The van der Waals surface area contributed by atoms with Crippen LogP contribution in [0.15, 0.2) is 24.0 Å². The van der Waals surface area contributed by atoms with Crippen molar-refractivity contribution in [1.82, 2.24) is 20.1 Å². The Hall–Kier alpha value is -1.20. The van der Waals surface area contributed by atoms with E-state index in [0.29, 0.717) is 6.04 Å². The number of nitrogens with one attached hydrogen (secondary N) is 1. The van der Waals surface area contributed by atoms with Gasteiger partial charge in [-0.3, -0.25) is 9.67 Å². The largest absolute Gasteiger partial charge is 0.311 e. The maximum Gasteiger partial charge on any atom is 0.0794 e. The molecule has 1 N–H and O–H groups in total. The standard InChI is InChI=1S/C10H14N4S/c1-11-9(5-8-6-12-7-15-8)10-3-4-13-14(10)2/h3-4,6-7,9,11H,5H2,1-2H3. The van der Waals surface area contributed by atoms with Crippen LogP contribution in [0.1, 0.15) is 16.6 Å². The first-order valence-electron chi connectivity index (χ1n) is 4.84. The maximum atomic E-state index is 4.18. The minimum Gasteiger partial charge on any atom is -0.311 e. The van der Waals surface area contributed by atoms with Gasteiger partial charge < -0.3 is 5.32 Å². The second kappa shape index (κ2) is 4.55. The number of aryl methyl sites for hydroxylation is 1. The number of hydrogen-bond acceptors (Lipinski definition) is 4. The van der Waals surface area contributed by atoms with E-state index in [0.717, 1.165) is 6.42 Å².